The molecule has 0 fully saturated rings. The van der Waals surface area contributed by atoms with Crippen LogP contribution in [0.2, 0.25) is 0 Å². The third-order valence-corrected chi connectivity index (χ3v) is 4.17. The van der Waals surface area contributed by atoms with Gasteiger partial charge in [0, 0.05) is 0 Å². The molecule has 0 spiro atoms. The Hall–Kier alpha value is 0. The van der Waals surface area contributed by atoms with Crippen LogP contribution in [0.15, 0.2) is 0 Å². The smallest absolute Gasteiger partial charge is 0.0326 e. The molecule has 0 radical (unpaired) electrons. The van der Waals surface area contributed by atoms with Crippen molar-refractivity contribution in [2.24, 2.45) is 16.7 Å². The standard InChI is InChI=1S/C12H26.C3H8/c1-8-11(4,5)10(3)12(6,7)9-2;1-3-2/h10H,8-9H2,1-7H3;3H2,1-2H3. The molecule has 0 heteroatoms. The summed E-state index contributed by atoms with van der Waals surface area (Å²) in [4.78, 5) is 0. The fraction of sp³-hybridized carbons (Fsp3) is 1.00. The molecule has 0 unspecified atom stereocenters. The molecule has 94 valence electrons. The Labute approximate surface area is 98.9 Å². The van der Waals surface area contributed by atoms with Crippen molar-refractivity contribution in [3.63, 3.8) is 0 Å². The molecule has 0 aromatic carbocycles. The summed E-state index contributed by atoms with van der Waals surface area (Å²) in [6, 6.07) is 0. The number of hydrogen-bond donors (Lipinski definition) is 0. The third-order valence-electron chi connectivity index (χ3n) is 4.17. The van der Waals surface area contributed by atoms with Crippen molar-refractivity contribution in [1.29, 1.82) is 0 Å². The lowest BCUT2D eigenvalue weighted by Crippen LogP contribution is -2.33. The first-order valence-electron chi connectivity index (χ1n) is 6.69. The van der Waals surface area contributed by atoms with Crippen molar-refractivity contribution in [2.45, 2.75) is 81.6 Å². The zero-order valence-corrected chi connectivity index (χ0v) is 12.7. The third kappa shape index (κ3) is 6.22. The summed E-state index contributed by atoms with van der Waals surface area (Å²) in [6.45, 7) is 20.8. The molecule has 0 aromatic rings. The van der Waals surface area contributed by atoms with E-state index in [1.807, 2.05) is 0 Å². The van der Waals surface area contributed by atoms with Gasteiger partial charge in [-0.25, -0.2) is 0 Å². The van der Waals surface area contributed by atoms with Crippen LogP contribution in [-0.4, -0.2) is 0 Å². The highest BCUT2D eigenvalue weighted by Gasteiger charge is 2.34. The lowest BCUT2D eigenvalue weighted by atomic mass is 9.64. The van der Waals surface area contributed by atoms with E-state index < -0.39 is 0 Å². The van der Waals surface area contributed by atoms with E-state index >= 15 is 0 Å². The van der Waals surface area contributed by atoms with E-state index in [-0.39, 0.29) is 0 Å². The van der Waals surface area contributed by atoms with Crippen LogP contribution in [-0.2, 0) is 0 Å². The van der Waals surface area contributed by atoms with Gasteiger partial charge in [0.05, 0.1) is 0 Å². The molecule has 0 rings (SSSR count). The Morgan fingerprint density at radius 2 is 0.933 bits per heavy atom. The van der Waals surface area contributed by atoms with Crippen molar-refractivity contribution in [3.05, 3.63) is 0 Å². The minimum atomic E-state index is 0.486. The van der Waals surface area contributed by atoms with E-state index in [1.54, 1.807) is 0 Å². The molecule has 0 saturated carbocycles. The lowest BCUT2D eigenvalue weighted by molar-refractivity contribution is 0.0812. The first-order chi connectivity index (χ1) is 6.69. The molecule has 0 nitrogen and oxygen atoms in total. The van der Waals surface area contributed by atoms with Gasteiger partial charge in [-0.2, -0.15) is 0 Å². The van der Waals surface area contributed by atoms with Crippen LogP contribution in [0.3, 0.4) is 0 Å². The van der Waals surface area contributed by atoms with E-state index in [4.69, 9.17) is 0 Å². The molecule has 0 aliphatic heterocycles. The molecule has 0 aromatic heterocycles. The molecule has 0 saturated heterocycles. The van der Waals surface area contributed by atoms with Crippen LogP contribution in [0.4, 0.5) is 0 Å². The van der Waals surface area contributed by atoms with Gasteiger partial charge in [-0.15, -0.1) is 0 Å². The molecule has 0 aliphatic rings. The Balaban J connectivity index is 0. The second kappa shape index (κ2) is 7.30. The molecule has 0 atom stereocenters. The Morgan fingerprint density at radius 3 is 1.07 bits per heavy atom. The van der Waals surface area contributed by atoms with Crippen LogP contribution in [0, 0.1) is 16.7 Å². The van der Waals surface area contributed by atoms with Gasteiger partial charge >= 0.3 is 0 Å². The highest BCUT2D eigenvalue weighted by molar-refractivity contribution is 4.84. The summed E-state index contributed by atoms with van der Waals surface area (Å²) in [6.07, 6.45) is 3.80. The second-order valence-corrected chi connectivity index (χ2v) is 6.11. The fourth-order valence-corrected chi connectivity index (χ4v) is 1.67. The van der Waals surface area contributed by atoms with E-state index in [0.717, 1.165) is 5.92 Å². The van der Waals surface area contributed by atoms with Crippen LogP contribution >= 0.6 is 0 Å². The summed E-state index contributed by atoms with van der Waals surface area (Å²) in [7, 11) is 0. The summed E-state index contributed by atoms with van der Waals surface area (Å²) in [5, 5.41) is 0. The first-order valence-corrected chi connectivity index (χ1v) is 6.69. The van der Waals surface area contributed by atoms with Gasteiger partial charge in [0.25, 0.3) is 0 Å². The van der Waals surface area contributed by atoms with Gasteiger partial charge in [-0.1, -0.05) is 81.6 Å². The van der Waals surface area contributed by atoms with Crippen molar-refractivity contribution in [1.82, 2.24) is 0 Å². The van der Waals surface area contributed by atoms with E-state index in [9.17, 15) is 0 Å². The molecular weight excluding hydrogens is 180 g/mol. The second-order valence-electron chi connectivity index (χ2n) is 6.11. The zero-order chi connectivity index (χ0) is 12.7. The monoisotopic (exact) mass is 214 g/mol. The van der Waals surface area contributed by atoms with Crippen molar-refractivity contribution < 1.29 is 0 Å². The molecular formula is C15H34. The van der Waals surface area contributed by atoms with Crippen molar-refractivity contribution in [3.8, 4) is 0 Å². The minimum absolute atomic E-state index is 0.486. The summed E-state index contributed by atoms with van der Waals surface area (Å²) in [5.74, 6) is 0.792. The Bertz CT molecular complexity index is 126. The SMILES string of the molecule is CCC.CCC(C)(C)C(C)C(C)(C)CC. The van der Waals surface area contributed by atoms with Crippen LogP contribution in [0.25, 0.3) is 0 Å². The van der Waals surface area contributed by atoms with Gasteiger partial charge < -0.3 is 0 Å². The van der Waals surface area contributed by atoms with E-state index in [0.29, 0.717) is 10.8 Å². The Kier molecular flexibility index (Phi) is 8.47. The van der Waals surface area contributed by atoms with E-state index in [1.165, 1.54) is 19.3 Å². The summed E-state index contributed by atoms with van der Waals surface area (Å²) >= 11 is 0. The van der Waals surface area contributed by atoms with Gasteiger partial charge in [-0.05, 0) is 16.7 Å². The number of hydrogen-bond acceptors (Lipinski definition) is 0. The average Bonchev–Trinajstić information content (AvgIpc) is 2.18. The minimum Gasteiger partial charge on any atom is -0.0656 e. The van der Waals surface area contributed by atoms with Gasteiger partial charge in [-0.3, -0.25) is 0 Å². The average molecular weight is 214 g/mol. The predicted molar refractivity (Wildman–Crippen MR) is 73.3 cm³/mol. The highest BCUT2D eigenvalue weighted by Crippen LogP contribution is 2.43. The van der Waals surface area contributed by atoms with Gasteiger partial charge in [0.15, 0.2) is 0 Å². The maximum atomic E-state index is 2.40. The number of rotatable bonds is 4. The van der Waals surface area contributed by atoms with Crippen molar-refractivity contribution >= 4 is 0 Å². The van der Waals surface area contributed by atoms with Crippen LogP contribution in [0.5, 0.6) is 0 Å². The lowest BCUT2D eigenvalue weighted by Gasteiger charge is -2.42. The Morgan fingerprint density at radius 1 is 0.733 bits per heavy atom. The van der Waals surface area contributed by atoms with Gasteiger partial charge in [0.2, 0.25) is 0 Å². The molecule has 0 amide bonds. The predicted octanol–water partition coefficient (Wildman–Crippen LogP) is 5.91. The van der Waals surface area contributed by atoms with Gasteiger partial charge in [0.1, 0.15) is 0 Å². The van der Waals surface area contributed by atoms with E-state index in [2.05, 4.69) is 62.3 Å². The molecule has 0 heterocycles. The summed E-state index contributed by atoms with van der Waals surface area (Å²) in [5.41, 5.74) is 0.971. The highest BCUT2D eigenvalue weighted by atomic mass is 14.4. The normalized spacial score (nSPS) is 12.4. The maximum absolute atomic E-state index is 2.40. The largest absolute Gasteiger partial charge is 0.0656 e. The zero-order valence-electron chi connectivity index (χ0n) is 12.7. The summed E-state index contributed by atoms with van der Waals surface area (Å²) < 4.78 is 0. The maximum Gasteiger partial charge on any atom is -0.0326 e. The topological polar surface area (TPSA) is 0 Å². The van der Waals surface area contributed by atoms with Crippen LogP contribution in [0.1, 0.15) is 81.6 Å². The molecule has 15 heavy (non-hydrogen) atoms. The molecule has 0 N–H and O–H groups in total. The fourth-order valence-electron chi connectivity index (χ4n) is 1.67. The van der Waals surface area contributed by atoms with Crippen molar-refractivity contribution in [2.75, 3.05) is 0 Å². The quantitative estimate of drug-likeness (QED) is 0.545. The molecule has 0 bridgehead atoms. The first kappa shape index (κ1) is 17.4. The van der Waals surface area contributed by atoms with Crippen LogP contribution < -0.4 is 0 Å². The molecule has 0 aliphatic carbocycles.